The van der Waals surface area contributed by atoms with E-state index in [9.17, 15) is 0 Å². The molecule has 2 N–H and O–H groups in total. The topological polar surface area (TPSA) is 76.4 Å². The molecule has 1 aromatic rings. The van der Waals surface area contributed by atoms with Crippen molar-refractivity contribution in [1.82, 2.24) is 25.4 Å². The Hall–Kier alpha value is -1.63. The lowest BCUT2D eigenvalue weighted by Gasteiger charge is -2.25. The smallest absolute Gasteiger partial charge is 0.191 e. The van der Waals surface area contributed by atoms with Crippen molar-refractivity contribution in [3.63, 3.8) is 0 Å². The molecule has 1 atom stereocenters. The molecule has 2 rings (SSSR count). The van der Waals surface area contributed by atoms with E-state index >= 15 is 0 Å². The van der Waals surface area contributed by atoms with Gasteiger partial charge in [0.15, 0.2) is 5.96 Å². The summed E-state index contributed by atoms with van der Waals surface area (Å²) in [4.78, 5) is 4.20. The molecular weight excluding hydrogens is 256 g/mol. The Labute approximate surface area is 119 Å². The molecule has 0 aliphatic carbocycles. The molecule has 0 fully saturated rings. The third-order valence-corrected chi connectivity index (χ3v) is 3.61. The van der Waals surface area contributed by atoms with Crippen molar-refractivity contribution >= 4 is 5.96 Å². The fourth-order valence-electron chi connectivity index (χ4n) is 2.43. The lowest BCUT2D eigenvalue weighted by atomic mass is 9.99. The number of fused-ring (bicyclic) bond motifs is 1. The predicted octanol–water partition coefficient (Wildman–Crippen LogP) is -0.0397. The van der Waals surface area contributed by atoms with E-state index in [1.165, 1.54) is 0 Å². The zero-order chi connectivity index (χ0) is 14.4. The molecule has 1 unspecified atom stereocenters. The largest absolute Gasteiger partial charge is 0.383 e. The molecule has 1 aromatic heterocycles. The van der Waals surface area contributed by atoms with E-state index in [2.05, 4.69) is 30.4 Å². The number of guanidine groups is 1. The number of hydrogen-bond acceptors (Lipinski definition) is 4. The number of rotatable bonds is 5. The highest BCUT2D eigenvalue weighted by atomic mass is 16.5. The highest BCUT2D eigenvalue weighted by molar-refractivity contribution is 5.79. The minimum atomic E-state index is 0.582. The van der Waals surface area contributed by atoms with E-state index in [0.717, 1.165) is 50.1 Å². The quantitative estimate of drug-likeness (QED) is 0.450. The number of aliphatic imine (C=N–C) groups is 1. The number of aromatic nitrogens is 3. The van der Waals surface area contributed by atoms with Crippen molar-refractivity contribution in [2.75, 3.05) is 33.9 Å². The fraction of sp³-hybridized carbons (Fsp3) is 0.769. The molecule has 0 radical (unpaired) electrons. The van der Waals surface area contributed by atoms with Crippen LogP contribution in [0.25, 0.3) is 0 Å². The van der Waals surface area contributed by atoms with Gasteiger partial charge in [0.05, 0.1) is 6.61 Å². The highest BCUT2D eigenvalue weighted by Gasteiger charge is 2.21. The maximum Gasteiger partial charge on any atom is 0.191 e. The Balaban J connectivity index is 1.79. The summed E-state index contributed by atoms with van der Waals surface area (Å²) in [7, 11) is 3.48. The Kier molecular flexibility index (Phi) is 5.34. The molecule has 0 amide bonds. The summed E-state index contributed by atoms with van der Waals surface area (Å²) in [6.45, 7) is 5.33. The predicted molar refractivity (Wildman–Crippen MR) is 77.8 cm³/mol. The van der Waals surface area contributed by atoms with Crippen LogP contribution in [0.3, 0.4) is 0 Å². The van der Waals surface area contributed by atoms with Crippen molar-refractivity contribution in [2.24, 2.45) is 10.9 Å². The monoisotopic (exact) mass is 280 g/mol. The Morgan fingerprint density at radius 2 is 2.30 bits per heavy atom. The van der Waals surface area contributed by atoms with Crippen molar-refractivity contribution in [3.8, 4) is 0 Å². The zero-order valence-electron chi connectivity index (χ0n) is 12.5. The molecule has 0 bridgehead atoms. The second-order valence-corrected chi connectivity index (χ2v) is 5.05. The van der Waals surface area contributed by atoms with Crippen LogP contribution in [0.1, 0.15) is 18.1 Å². The number of nitrogens with zero attached hydrogens (tertiary/aromatic N) is 4. The molecule has 7 nitrogen and oxygen atoms in total. The number of methoxy groups -OCH3 is 1. The molecule has 20 heavy (non-hydrogen) atoms. The molecule has 0 spiro atoms. The SMILES string of the molecule is CN=C(NCCOC)NCC1CCc2nnc(C)n2C1. The van der Waals surface area contributed by atoms with Crippen molar-refractivity contribution in [3.05, 3.63) is 11.6 Å². The van der Waals surface area contributed by atoms with Crippen molar-refractivity contribution < 1.29 is 4.74 Å². The molecule has 2 heterocycles. The van der Waals surface area contributed by atoms with Gasteiger partial charge in [0, 0.05) is 40.2 Å². The van der Waals surface area contributed by atoms with Gasteiger partial charge in [-0.15, -0.1) is 10.2 Å². The summed E-state index contributed by atoms with van der Waals surface area (Å²) in [5.41, 5.74) is 0. The number of aryl methyl sites for hydroxylation is 2. The van der Waals surface area contributed by atoms with Gasteiger partial charge < -0.3 is 19.9 Å². The summed E-state index contributed by atoms with van der Waals surface area (Å²) >= 11 is 0. The molecule has 0 aromatic carbocycles. The van der Waals surface area contributed by atoms with Gasteiger partial charge >= 0.3 is 0 Å². The Morgan fingerprint density at radius 1 is 1.45 bits per heavy atom. The van der Waals surface area contributed by atoms with Gasteiger partial charge in [-0.2, -0.15) is 0 Å². The van der Waals surface area contributed by atoms with Crippen LogP contribution >= 0.6 is 0 Å². The standard InChI is InChI=1S/C13H24N6O/c1-10-17-18-12-5-4-11(9-19(10)12)8-16-13(14-2)15-6-7-20-3/h11H,4-9H2,1-3H3,(H2,14,15,16). The minimum Gasteiger partial charge on any atom is -0.383 e. The number of hydrogen-bond donors (Lipinski definition) is 2. The molecular formula is C13H24N6O. The van der Waals surface area contributed by atoms with E-state index in [-0.39, 0.29) is 0 Å². The first kappa shape index (κ1) is 14.8. The van der Waals surface area contributed by atoms with Crippen molar-refractivity contribution in [2.45, 2.75) is 26.3 Å². The first-order valence-corrected chi connectivity index (χ1v) is 7.06. The zero-order valence-corrected chi connectivity index (χ0v) is 12.5. The van der Waals surface area contributed by atoms with Crippen LogP contribution in [0, 0.1) is 12.8 Å². The van der Waals surface area contributed by atoms with Crippen LogP contribution < -0.4 is 10.6 Å². The Morgan fingerprint density at radius 3 is 3.05 bits per heavy atom. The second kappa shape index (κ2) is 7.23. The van der Waals surface area contributed by atoms with Crippen LogP contribution in [0.15, 0.2) is 4.99 Å². The van der Waals surface area contributed by atoms with Gasteiger partial charge in [-0.1, -0.05) is 0 Å². The van der Waals surface area contributed by atoms with Crippen LogP contribution in [0.4, 0.5) is 0 Å². The van der Waals surface area contributed by atoms with E-state index in [1.54, 1.807) is 14.2 Å². The van der Waals surface area contributed by atoms with E-state index < -0.39 is 0 Å². The third kappa shape index (κ3) is 3.69. The summed E-state index contributed by atoms with van der Waals surface area (Å²) in [6.07, 6.45) is 2.14. The van der Waals surface area contributed by atoms with Gasteiger partial charge in [0.2, 0.25) is 0 Å². The van der Waals surface area contributed by atoms with Crippen LogP contribution in [-0.2, 0) is 17.7 Å². The molecule has 112 valence electrons. The molecule has 0 saturated heterocycles. The average Bonchev–Trinajstić information content (AvgIpc) is 2.84. The minimum absolute atomic E-state index is 0.582. The van der Waals surface area contributed by atoms with Gasteiger partial charge in [0.25, 0.3) is 0 Å². The Bertz CT molecular complexity index is 456. The fourth-order valence-corrected chi connectivity index (χ4v) is 2.43. The normalized spacial score (nSPS) is 18.8. The maximum atomic E-state index is 5.01. The first-order valence-electron chi connectivity index (χ1n) is 7.06. The number of nitrogens with one attached hydrogen (secondary N) is 2. The van der Waals surface area contributed by atoms with Gasteiger partial charge in [0.1, 0.15) is 11.6 Å². The molecule has 0 saturated carbocycles. The summed E-state index contributed by atoms with van der Waals surface area (Å²) < 4.78 is 7.23. The van der Waals surface area contributed by atoms with Crippen LogP contribution in [-0.4, -0.2) is 54.6 Å². The van der Waals surface area contributed by atoms with Gasteiger partial charge in [-0.25, -0.2) is 0 Å². The van der Waals surface area contributed by atoms with Crippen molar-refractivity contribution in [1.29, 1.82) is 0 Å². The van der Waals surface area contributed by atoms with E-state index in [0.29, 0.717) is 12.5 Å². The van der Waals surface area contributed by atoms with Crippen LogP contribution in [0.2, 0.25) is 0 Å². The lowest BCUT2D eigenvalue weighted by molar-refractivity contribution is 0.203. The third-order valence-electron chi connectivity index (χ3n) is 3.61. The summed E-state index contributed by atoms with van der Waals surface area (Å²) in [6, 6.07) is 0. The lowest BCUT2D eigenvalue weighted by Crippen LogP contribution is -2.42. The van der Waals surface area contributed by atoms with E-state index in [1.807, 2.05) is 6.92 Å². The average molecular weight is 280 g/mol. The molecule has 1 aliphatic rings. The molecule has 7 heteroatoms. The van der Waals surface area contributed by atoms with Crippen LogP contribution in [0.5, 0.6) is 0 Å². The first-order chi connectivity index (χ1) is 9.74. The maximum absolute atomic E-state index is 5.01. The second-order valence-electron chi connectivity index (χ2n) is 5.05. The van der Waals surface area contributed by atoms with Gasteiger partial charge in [-0.05, 0) is 19.3 Å². The van der Waals surface area contributed by atoms with Gasteiger partial charge in [-0.3, -0.25) is 4.99 Å². The number of ether oxygens (including phenoxy) is 1. The molecule has 1 aliphatic heterocycles. The summed E-state index contributed by atoms with van der Waals surface area (Å²) in [5, 5.41) is 14.9. The summed E-state index contributed by atoms with van der Waals surface area (Å²) in [5.74, 6) is 3.53. The van der Waals surface area contributed by atoms with E-state index in [4.69, 9.17) is 4.74 Å². The highest BCUT2D eigenvalue weighted by Crippen LogP contribution is 2.18.